The van der Waals surface area contributed by atoms with E-state index in [4.69, 9.17) is 28.2 Å². The van der Waals surface area contributed by atoms with E-state index in [9.17, 15) is 0 Å². The molecule has 0 fully saturated rings. The maximum Gasteiger partial charge on any atom is 0.157 e. The van der Waals surface area contributed by atoms with Crippen molar-refractivity contribution in [3.05, 3.63) is 99.8 Å². The molecule has 3 nitrogen and oxygen atoms in total. The van der Waals surface area contributed by atoms with Crippen LogP contribution in [-0.4, -0.2) is 9.38 Å². The van der Waals surface area contributed by atoms with E-state index >= 15 is 0 Å². The van der Waals surface area contributed by atoms with Gasteiger partial charge in [-0.1, -0.05) is 83.9 Å². The van der Waals surface area contributed by atoms with Gasteiger partial charge in [0.15, 0.2) is 5.65 Å². The van der Waals surface area contributed by atoms with Gasteiger partial charge in [0.25, 0.3) is 0 Å². The van der Waals surface area contributed by atoms with Crippen LogP contribution in [0.25, 0.3) is 5.65 Å². The number of imidazole rings is 1. The molecule has 0 aliphatic heterocycles. The zero-order valence-corrected chi connectivity index (χ0v) is 15.5. The van der Waals surface area contributed by atoms with Crippen molar-refractivity contribution in [2.45, 2.75) is 13.0 Å². The van der Waals surface area contributed by atoms with Crippen molar-refractivity contribution in [1.82, 2.24) is 9.38 Å². The molecule has 4 aromatic rings. The Hall–Kier alpha value is -2.49. The number of halogens is 2. The lowest BCUT2D eigenvalue weighted by atomic mass is 10.1. The quantitative estimate of drug-likeness (QED) is 0.470. The highest BCUT2D eigenvalue weighted by Crippen LogP contribution is 2.28. The molecular formula is C21H17Cl2N3. The second-order valence-electron chi connectivity index (χ2n) is 6.11. The number of aromatic nitrogens is 2. The topological polar surface area (TPSA) is 29.3 Å². The van der Waals surface area contributed by atoms with Crippen molar-refractivity contribution in [2.24, 2.45) is 0 Å². The summed E-state index contributed by atoms with van der Waals surface area (Å²) in [5.41, 5.74) is 4.04. The first kappa shape index (κ1) is 17.0. The predicted octanol–water partition coefficient (Wildman–Crippen LogP) is 5.84. The van der Waals surface area contributed by atoms with Crippen LogP contribution in [0.2, 0.25) is 10.0 Å². The largest absolute Gasteiger partial charge is 0.366 e. The van der Waals surface area contributed by atoms with Crippen molar-refractivity contribution in [3.8, 4) is 0 Å². The normalized spacial score (nSPS) is 11.0. The third kappa shape index (κ3) is 3.55. The Labute approximate surface area is 162 Å². The number of pyridine rings is 1. The molecule has 2 aromatic carbocycles. The monoisotopic (exact) mass is 381 g/mol. The summed E-state index contributed by atoms with van der Waals surface area (Å²) in [6.45, 7) is 0.695. The summed E-state index contributed by atoms with van der Waals surface area (Å²) in [6, 6.07) is 22.3. The Morgan fingerprint density at radius 2 is 1.54 bits per heavy atom. The van der Waals surface area contributed by atoms with E-state index < -0.39 is 0 Å². The smallest absolute Gasteiger partial charge is 0.157 e. The van der Waals surface area contributed by atoms with E-state index in [1.165, 1.54) is 11.1 Å². The Kier molecular flexibility index (Phi) is 4.83. The van der Waals surface area contributed by atoms with Crippen molar-refractivity contribution < 1.29 is 0 Å². The lowest BCUT2D eigenvalue weighted by Crippen LogP contribution is -2.05. The molecule has 4 rings (SSSR count). The minimum atomic E-state index is 0.541. The molecule has 0 amide bonds. The van der Waals surface area contributed by atoms with Gasteiger partial charge in [0.2, 0.25) is 0 Å². The Morgan fingerprint density at radius 1 is 0.885 bits per heavy atom. The number of nitrogens with zero attached hydrogens (tertiary/aromatic N) is 2. The Balaban J connectivity index is 1.75. The maximum atomic E-state index is 6.37. The second-order valence-corrected chi connectivity index (χ2v) is 6.95. The summed E-state index contributed by atoms with van der Waals surface area (Å²) in [5, 5.41) is 4.63. The third-order valence-corrected chi connectivity index (χ3v) is 4.72. The van der Waals surface area contributed by atoms with Gasteiger partial charge in [-0.3, -0.25) is 4.40 Å². The van der Waals surface area contributed by atoms with Gasteiger partial charge in [0.1, 0.15) is 5.82 Å². The molecule has 2 heterocycles. The Morgan fingerprint density at radius 3 is 2.23 bits per heavy atom. The average Bonchev–Trinajstić information content (AvgIpc) is 2.99. The van der Waals surface area contributed by atoms with Crippen molar-refractivity contribution in [2.75, 3.05) is 5.32 Å². The molecule has 0 saturated heterocycles. The first-order valence-corrected chi connectivity index (χ1v) is 9.14. The van der Waals surface area contributed by atoms with Gasteiger partial charge < -0.3 is 5.32 Å². The van der Waals surface area contributed by atoms with E-state index in [1.54, 1.807) is 6.07 Å². The van der Waals surface area contributed by atoms with Crippen molar-refractivity contribution >= 4 is 34.7 Å². The molecule has 1 N–H and O–H groups in total. The number of anilines is 1. The number of hydrogen-bond donors (Lipinski definition) is 1. The van der Waals surface area contributed by atoms with Crippen LogP contribution in [-0.2, 0) is 13.0 Å². The predicted molar refractivity (Wildman–Crippen MR) is 108 cm³/mol. The Bertz CT molecular complexity index is 1030. The molecular weight excluding hydrogens is 365 g/mol. The molecule has 5 heteroatoms. The van der Waals surface area contributed by atoms with E-state index in [2.05, 4.69) is 29.6 Å². The van der Waals surface area contributed by atoms with Gasteiger partial charge in [-0.2, -0.15) is 0 Å². The van der Waals surface area contributed by atoms with Crippen LogP contribution in [0.4, 0.5) is 5.82 Å². The van der Waals surface area contributed by atoms with Crippen LogP contribution in [0.1, 0.15) is 16.8 Å². The molecule has 0 bridgehead atoms. The van der Waals surface area contributed by atoms with Crippen molar-refractivity contribution in [3.63, 3.8) is 0 Å². The van der Waals surface area contributed by atoms with Crippen LogP contribution in [0.5, 0.6) is 0 Å². The number of rotatable bonds is 5. The van der Waals surface area contributed by atoms with Crippen LogP contribution in [0.3, 0.4) is 0 Å². The molecule has 2 aromatic heterocycles. The molecule has 0 aliphatic carbocycles. The average molecular weight is 382 g/mol. The summed E-state index contributed by atoms with van der Waals surface area (Å²) in [7, 11) is 0. The summed E-state index contributed by atoms with van der Waals surface area (Å²) >= 11 is 12.6. The number of fused-ring (bicyclic) bond motifs is 1. The van der Waals surface area contributed by atoms with Gasteiger partial charge in [-0.05, 0) is 17.2 Å². The van der Waals surface area contributed by atoms with Gasteiger partial charge in [0.05, 0.1) is 15.7 Å². The highest BCUT2D eigenvalue weighted by molar-refractivity contribution is 6.36. The molecule has 0 radical (unpaired) electrons. The van der Waals surface area contributed by atoms with Crippen molar-refractivity contribution in [1.29, 1.82) is 0 Å². The highest BCUT2D eigenvalue weighted by Gasteiger charge is 2.15. The molecule has 0 saturated carbocycles. The molecule has 0 aliphatic rings. The van der Waals surface area contributed by atoms with Crippen LogP contribution >= 0.6 is 23.2 Å². The van der Waals surface area contributed by atoms with Gasteiger partial charge in [0, 0.05) is 19.2 Å². The molecule has 130 valence electrons. The number of benzene rings is 2. The van der Waals surface area contributed by atoms with E-state index in [-0.39, 0.29) is 0 Å². The molecule has 0 spiro atoms. The first-order chi connectivity index (χ1) is 12.7. The van der Waals surface area contributed by atoms with E-state index in [0.29, 0.717) is 28.7 Å². The van der Waals surface area contributed by atoms with Gasteiger partial charge in [-0.15, -0.1) is 0 Å². The minimum Gasteiger partial charge on any atom is -0.366 e. The first-order valence-electron chi connectivity index (χ1n) is 8.38. The fourth-order valence-corrected chi connectivity index (χ4v) is 3.51. The SMILES string of the molecule is Clc1cc(Cl)c2nc(Cc3ccccc3)c(NCc3ccccc3)n2c1. The van der Waals surface area contributed by atoms with Crippen LogP contribution in [0.15, 0.2) is 72.9 Å². The maximum absolute atomic E-state index is 6.37. The van der Waals surface area contributed by atoms with Crippen LogP contribution in [0, 0.1) is 0 Å². The second kappa shape index (κ2) is 7.40. The third-order valence-electron chi connectivity index (χ3n) is 4.23. The molecule has 0 unspecified atom stereocenters. The summed E-state index contributed by atoms with van der Waals surface area (Å²) in [4.78, 5) is 4.77. The van der Waals surface area contributed by atoms with Crippen LogP contribution < -0.4 is 5.32 Å². The van der Waals surface area contributed by atoms with Gasteiger partial charge in [-0.25, -0.2) is 4.98 Å². The standard InChI is InChI=1S/C21H17Cl2N3/c22-17-12-18(23)20-25-19(11-15-7-3-1-4-8-15)21(26(20)14-17)24-13-16-9-5-2-6-10-16/h1-10,12,14,24H,11,13H2. The lowest BCUT2D eigenvalue weighted by molar-refractivity contribution is 1.05. The zero-order chi connectivity index (χ0) is 17.9. The number of nitrogens with one attached hydrogen (secondary N) is 1. The zero-order valence-electron chi connectivity index (χ0n) is 14.0. The minimum absolute atomic E-state index is 0.541. The summed E-state index contributed by atoms with van der Waals surface area (Å²) in [6.07, 6.45) is 2.56. The molecule has 0 atom stereocenters. The fraction of sp³-hybridized carbons (Fsp3) is 0.0952. The van der Waals surface area contributed by atoms with E-state index in [0.717, 1.165) is 11.5 Å². The van der Waals surface area contributed by atoms with E-state index in [1.807, 2.05) is 47.0 Å². The van der Waals surface area contributed by atoms with Gasteiger partial charge >= 0.3 is 0 Å². The fourth-order valence-electron chi connectivity index (χ4n) is 3.00. The lowest BCUT2D eigenvalue weighted by Gasteiger charge is -2.09. The molecule has 26 heavy (non-hydrogen) atoms. The number of hydrogen-bond acceptors (Lipinski definition) is 2. The summed E-state index contributed by atoms with van der Waals surface area (Å²) in [5.74, 6) is 0.914. The highest BCUT2D eigenvalue weighted by atomic mass is 35.5. The summed E-state index contributed by atoms with van der Waals surface area (Å²) < 4.78 is 1.94.